The molecule has 0 atom stereocenters. The van der Waals surface area contributed by atoms with Crippen molar-refractivity contribution in [2.75, 3.05) is 22.9 Å². The first kappa shape index (κ1) is 25.2. The fraction of sp³-hybridized carbons (Fsp3) is 0.429. The zero-order chi connectivity index (χ0) is 26.3. The highest BCUT2D eigenvalue weighted by atomic mass is 19.4. The van der Waals surface area contributed by atoms with Crippen LogP contribution in [-0.4, -0.2) is 39.8 Å². The molecule has 0 N–H and O–H groups in total. The summed E-state index contributed by atoms with van der Waals surface area (Å²) < 4.78 is 42.7. The van der Waals surface area contributed by atoms with E-state index in [0.29, 0.717) is 18.3 Å². The van der Waals surface area contributed by atoms with E-state index in [2.05, 4.69) is 48.1 Å². The number of para-hydroxylation sites is 1. The lowest BCUT2D eigenvalue weighted by molar-refractivity contribution is -0.138. The van der Waals surface area contributed by atoms with E-state index < -0.39 is 11.7 Å². The molecule has 3 heterocycles. The van der Waals surface area contributed by atoms with Crippen molar-refractivity contribution >= 4 is 17.5 Å². The molecule has 6 nitrogen and oxygen atoms in total. The molecule has 0 radical (unpaired) electrons. The van der Waals surface area contributed by atoms with Crippen molar-refractivity contribution in [1.29, 1.82) is 0 Å². The number of carbonyl (C=O) groups excluding carboxylic acids is 1. The van der Waals surface area contributed by atoms with Gasteiger partial charge in [0.25, 0.3) is 0 Å². The molecule has 0 unspecified atom stereocenters. The number of benzene rings is 2. The van der Waals surface area contributed by atoms with Gasteiger partial charge in [0.05, 0.1) is 18.7 Å². The van der Waals surface area contributed by atoms with Gasteiger partial charge in [0.2, 0.25) is 0 Å². The first-order valence-corrected chi connectivity index (χ1v) is 12.7. The van der Waals surface area contributed by atoms with E-state index in [1.165, 1.54) is 28.3 Å². The number of hydrogen-bond donors (Lipinski definition) is 0. The van der Waals surface area contributed by atoms with Gasteiger partial charge in [-0.2, -0.15) is 18.3 Å². The standard InChI is InChI=1S/C28H32F3N5O/c1-19(2)23-9-5-7-11-25(23)34-14-12-22(13-15-34)35-18-21-16-33(3)32-26(21)36(27(35)37)17-20-8-4-6-10-24(20)28(29,30)31/h4-11,16,19,22H,12-15,17-18H2,1-3H3. The van der Waals surface area contributed by atoms with Crippen molar-refractivity contribution in [2.45, 2.75) is 57.9 Å². The first-order valence-electron chi connectivity index (χ1n) is 12.7. The number of halogens is 3. The Labute approximate surface area is 215 Å². The molecule has 9 heteroatoms. The molecule has 1 aromatic heterocycles. The van der Waals surface area contributed by atoms with Crippen LogP contribution in [-0.2, 0) is 26.3 Å². The summed E-state index contributed by atoms with van der Waals surface area (Å²) in [5.74, 6) is 0.846. The van der Waals surface area contributed by atoms with Crippen LogP contribution in [0.5, 0.6) is 0 Å². The molecule has 5 rings (SSSR count). The molecular weight excluding hydrogens is 479 g/mol. The third-order valence-corrected chi connectivity index (χ3v) is 7.41. The fourth-order valence-electron chi connectivity index (χ4n) is 5.58. The quantitative estimate of drug-likeness (QED) is 0.411. The maximum absolute atomic E-state index is 13.8. The fourth-order valence-corrected chi connectivity index (χ4v) is 5.58. The Morgan fingerprint density at radius 2 is 1.70 bits per heavy atom. The Bertz CT molecular complexity index is 1280. The first-order chi connectivity index (χ1) is 17.6. The number of amides is 2. The lowest BCUT2D eigenvalue weighted by Gasteiger charge is -2.43. The normalized spacial score (nSPS) is 17.1. The van der Waals surface area contributed by atoms with Gasteiger partial charge in [-0.1, -0.05) is 50.2 Å². The van der Waals surface area contributed by atoms with Crippen LogP contribution >= 0.6 is 0 Å². The van der Waals surface area contributed by atoms with Crippen molar-refractivity contribution in [3.63, 3.8) is 0 Å². The average Bonchev–Trinajstić information content (AvgIpc) is 3.25. The number of fused-ring (bicyclic) bond motifs is 1. The number of alkyl halides is 3. The number of urea groups is 1. The van der Waals surface area contributed by atoms with Crippen molar-refractivity contribution in [1.82, 2.24) is 14.7 Å². The van der Waals surface area contributed by atoms with E-state index in [1.807, 2.05) is 11.1 Å². The topological polar surface area (TPSA) is 44.6 Å². The zero-order valence-corrected chi connectivity index (χ0v) is 21.4. The molecule has 37 heavy (non-hydrogen) atoms. The average molecular weight is 512 g/mol. The molecule has 2 aliphatic rings. The molecule has 2 aromatic carbocycles. The van der Waals surface area contributed by atoms with Crippen LogP contribution in [0, 0.1) is 0 Å². The molecule has 0 bridgehead atoms. The zero-order valence-electron chi connectivity index (χ0n) is 21.4. The van der Waals surface area contributed by atoms with Gasteiger partial charge < -0.3 is 9.80 Å². The molecule has 196 valence electrons. The smallest absolute Gasteiger partial charge is 0.371 e. The van der Waals surface area contributed by atoms with E-state index >= 15 is 0 Å². The summed E-state index contributed by atoms with van der Waals surface area (Å²) in [5, 5.41) is 4.43. The number of rotatable bonds is 5. The Morgan fingerprint density at radius 1 is 1.03 bits per heavy atom. The van der Waals surface area contributed by atoms with Crippen LogP contribution in [0.25, 0.3) is 0 Å². The second-order valence-corrected chi connectivity index (χ2v) is 10.2. The van der Waals surface area contributed by atoms with Crippen molar-refractivity contribution in [3.8, 4) is 0 Å². The number of hydrogen-bond acceptors (Lipinski definition) is 3. The third-order valence-electron chi connectivity index (χ3n) is 7.41. The van der Waals surface area contributed by atoms with E-state index in [0.717, 1.165) is 37.6 Å². The molecule has 0 saturated carbocycles. The molecule has 3 aromatic rings. The van der Waals surface area contributed by atoms with Gasteiger partial charge in [-0.05, 0) is 42.0 Å². The highest BCUT2D eigenvalue weighted by Crippen LogP contribution is 2.37. The maximum atomic E-state index is 13.8. The highest BCUT2D eigenvalue weighted by molar-refractivity contribution is 5.94. The number of anilines is 2. The number of aromatic nitrogens is 2. The largest absolute Gasteiger partial charge is 0.416 e. The van der Waals surface area contributed by atoms with Crippen LogP contribution in [0.4, 0.5) is 29.5 Å². The van der Waals surface area contributed by atoms with E-state index in [4.69, 9.17) is 0 Å². The molecular formula is C28H32F3N5O. The summed E-state index contributed by atoms with van der Waals surface area (Å²) in [6.45, 7) is 6.23. The Morgan fingerprint density at radius 3 is 2.41 bits per heavy atom. The lowest BCUT2D eigenvalue weighted by atomic mass is 9.97. The van der Waals surface area contributed by atoms with Gasteiger partial charge >= 0.3 is 12.2 Å². The van der Waals surface area contributed by atoms with Gasteiger partial charge in [0.1, 0.15) is 0 Å². The summed E-state index contributed by atoms with van der Waals surface area (Å²) in [6.07, 6.45) is -1.06. The van der Waals surface area contributed by atoms with Crippen LogP contribution in [0.3, 0.4) is 0 Å². The summed E-state index contributed by atoms with van der Waals surface area (Å²) in [5.41, 5.74) is 2.72. The monoisotopic (exact) mass is 511 g/mol. The Balaban J connectivity index is 1.38. The molecule has 1 fully saturated rings. The summed E-state index contributed by atoms with van der Waals surface area (Å²) in [7, 11) is 1.76. The number of carbonyl (C=O) groups is 1. The van der Waals surface area contributed by atoms with E-state index in [-0.39, 0.29) is 24.2 Å². The predicted molar refractivity (Wildman–Crippen MR) is 138 cm³/mol. The minimum absolute atomic E-state index is 0.00341. The Kier molecular flexibility index (Phi) is 6.64. The summed E-state index contributed by atoms with van der Waals surface area (Å²) in [4.78, 5) is 19.4. The highest BCUT2D eigenvalue weighted by Gasteiger charge is 2.40. The van der Waals surface area contributed by atoms with E-state index in [9.17, 15) is 18.0 Å². The number of piperidine rings is 1. The maximum Gasteiger partial charge on any atom is 0.416 e. The van der Waals surface area contributed by atoms with Crippen molar-refractivity contribution in [3.05, 3.63) is 77.0 Å². The van der Waals surface area contributed by atoms with Gasteiger partial charge in [-0.25, -0.2) is 4.79 Å². The second kappa shape index (κ2) is 9.76. The van der Waals surface area contributed by atoms with Gasteiger partial charge in [-0.3, -0.25) is 9.58 Å². The molecule has 0 spiro atoms. The summed E-state index contributed by atoms with van der Waals surface area (Å²) >= 11 is 0. The predicted octanol–water partition coefficient (Wildman–Crippen LogP) is 6.17. The summed E-state index contributed by atoms with van der Waals surface area (Å²) in [6, 6.07) is 13.6. The van der Waals surface area contributed by atoms with Crippen molar-refractivity contribution < 1.29 is 18.0 Å². The van der Waals surface area contributed by atoms with E-state index in [1.54, 1.807) is 17.8 Å². The van der Waals surface area contributed by atoms with Gasteiger partial charge in [0, 0.05) is 43.6 Å². The van der Waals surface area contributed by atoms with Gasteiger partial charge in [0.15, 0.2) is 5.82 Å². The molecule has 2 aliphatic heterocycles. The molecule has 2 amide bonds. The van der Waals surface area contributed by atoms with Crippen LogP contribution in [0.2, 0.25) is 0 Å². The minimum Gasteiger partial charge on any atom is -0.371 e. The molecule has 1 saturated heterocycles. The SMILES string of the molecule is CC(C)c1ccccc1N1CCC(N2Cc3cn(C)nc3N(Cc3ccccc3C(F)(F)F)C2=O)CC1. The number of nitrogens with zero attached hydrogens (tertiary/aromatic N) is 5. The van der Waals surface area contributed by atoms with Crippen LogP contribution in [0.1, 0.15) is 54.9 Å². The van der Waals surface area contributed by atoms with Crippen LogP contribution < -0.4 is 9.80 Å². The van der Waals surface area contributed by atoms with Gasteiger partial charge in [-0.15, -0.1) is 0 Å². The van der Waals surface area contributed by atoms with Crippen molar-refractivity contribution in [2.24, 2.45) is 7.05 Å². The number of aryl methyl sites for hydroxylation is 1. The third kappa shape index (κ3) is 4.91. The molecule has 0 aliphatic carbocycles. The second-order valence-electron chi connectivity index (χ2n) is 10.2. The minimum atomic E-state index is -4.50. The lowest BCUT2D eigenvalue weighted by Crippen LogP contribution is -2.54. The van der Waals surface area contributed by atoms with Crippen LogP contribution in [0.15, 0.2) is 54.7 Å². The Hall–Kier alpha value is -3.49.